The molecule has 110 valence electrons. The Morgan fingerprint density at radius 3 is 2.45 bits per heavy atom. The summed E-state index contributed by atoms with van der Waals surface area (Å²) in [5, 5.41) is 12.6. The molecule has 0 bridgehead atoms. The molecule has 20 heavy (non-hydrogen) atoms. The van der Waals surface area contributed by atoms with E-state index in [-0.39, 0.29) is 10.7 Å². The van der Waals surface area contributed by atoms with Crippen LogP contribution in [-0.2, 0) is 11.0 Å². The summed E-state index contributed by atoms with van der Waals surface area (Å²) in [7, 11) is 0. The molecule has 0 aromatic heterocycles. The van der Waals surface area contributed by atoms with Gasteiger partial charge in [0.2, 0.25) is 0 Å². The maximum absolute atomic E-state index is 12.5. The Morgan fingerprint density at radius 2 is 1.95 bits per heavy atom. The Hall–Kier alpha value is -1.96. The number of hydrogen-bond donors (Lipinski definition) is 3. The zero-order valence-corrected chi connectivity index (χ0v) is 10.8. The molecule has 0 aliphatic heterocycles. The molecular formula is C11H10ClF3N2O3. The number of urea groups is 1. The van der Waals surface area contributed by atoms with Gasteiger partial charge < -0.3 is 15.7 Å². The van der Waals surface area contributed by atoms with Crippen LogP contribution in [0.1, 0.15) is 12.5 Å². The van der Waals surface area contributed by atoms with Gasteiger partial charge in [-0.25, -0.2) is 4.79 Å². The average Bonchev–Trinajstić information content (AvgIpc) is 2.30. The first-order chi connectivity index (χ1) is 9.11. The predicted octanol–water partition coefficient (Wildman–Crippen LogP) is 2.95. The van der Waals surface area contributed by atoms with Gasteiger partial charge in [0, 0.05) is 0 Å². The Labute approximate surface area is 116 Å². The molecule has 0 unspecified atom stereocenters. The van der Waals surface area contributed by atoms with Crippen molar-refractivity contribution in [3.05, 3.63) is 28.8 Å². The SMILES string of the molecule is C[C@@H](NC(=O)Nc1cc(C(F)(F)F)ccc1Cl)C(=O)O. The van der Waals surface area contributed by atoms with Crippen molar-refractivity contribution in [2.75, 3.05) is 5.32 Å². The number of aliphatic carboxylic acids is 1. The summed E-state index contributed by atoms with van der Waals surface area (Å²) in [5.41, 5.74) is -1.25. The lowest BCUT2D eigenvalue weighted by Gasteiger charge is -2.13. The van der Waals surface area contributed by atoms with Crippen molar-refractivity contribution in [2.45, 2.75) is 19.1 Å². The van der Waals surface area contributed by atoms with Crippen molar-refractivity contribution in [1.82, 2.24) is 5.32 Å². The first-order valence-electron chi connectivity index (χ1n) is 5.28. The van der Waals surface area contributed by atoms with Crippen molar-refractivity contribution in [1.29, 1.82) is 0 Å². The highest BCUT2D eigenvalue weighted by atomic mass is 35.5. The molecule has 3 N–H and O–H groups in total. The summed E-state index contributed by atoms with van der Waals surface area (Å²) >= 11 is 5.66. The van der Waals surface area contributed by atoms with Crippen LogP contribution in [0.4, 0.5) is 23.7 Å². The predicted molar refractivity (Wildman–Crippen MR) is 65.7 cm³/mol. The topological polar surface area (TPSA) is 78.4 Å². The monoisotopic (exact) mass is 310 g/mol. The third-order valence-corrected chi connectivity index (χ3v) is 2.59. The van der Waals surface area contributed by atoms with Gasteiger partial charge in [-0.05, 0) is 25.1 Å². The van der Waals surface area contributed by atoms with Crippen LogP contribution in [0.25, 0.3) is 0 Å². The molecule has 0 spiro atoms. The number of carbonyl (C=O) groups excluding carboxylic acids is 1. The van der Waals surface area contributed by atoms with Gasteiger partial charge in [0.1, 0.15) is 6.04 Å². The first-order valence-corrected chi connectivity index (χ1v) is 5.66. The number of benzene rings is 1. The Kier molecular flexibility index (Phi) is 4.83. The molecule has 0 heterocycles. The van der Waals surface area contributed by atoms with E-state index >= 15 is 0 Å². The zero-order chi connectivity index (χ0) is 15.5. The van der Waals surface area contributed by atoms with Gasteiger partial charge >= 0.3 is 18.2 Å². The molecule has 2 amide bonds. The lowest BCUT2D eigenvalue weighted by molar-refractivity contribution is -0.139. The molecule has 1 atom stereocenters. The van der Waals surface area contributed by atoms with Gasteiger partial charge in [0.05, 0.1) is 16.3 Å². The summed E-state index contributed by atoms with van der Waals surface area (Å²) in [6, 6.07) is 0.250. The van der Waals surface area contributed by atoms with Crippen LogP contribution >= 0.6 is 11.6 Å². The highest BCUT2D eigenvalue weighted by molar-refractivity contribution is 6.33. The molecule has 0 radical (unpaired) electrons. The van der Waals surface area contributed by atoms with Crippen LogP contribution in [0.5, 0.6) is 0 Å². The number of carboxylic acid groups (broad SMARTS) is 1. The minimum Gasteiger partial charge on any atom is -0.480 e. The van der Waals surface area contributed by atoms with E-state index < -0.39 is 29.8 Å². The van der Waals surface area contributed by atoms with Crippen LogP contribution in [0.15, 0.2) is 18.2 Å². The second-order valence-electron chi connectivity index (χ2n) is 3.85. The van der Waals surface area contributed by atoms with Crippen molar-refractivity contribution < 1.29 is 27.9 Å². The summed E-state index contributed by atoms with van der Waals surface area (Å²) in [5.74, 6) is -1.28. The third-order valence-electron chi connectivity index (χ3n) is 2.26. The van der Waals surface area contributed by atoms with E-state index in [1.807, 2.05) is 5.32 Å². The van der Waals surface area contributed by atoms with E-state index in [0.29, 0.717) is 6.07 Å². The smallest absolute Gasteiger partial charge is 0.416 e. The van der Waals surface area contributed by atoms with Gasteiger partial charge in [-0.15, -0.1) is 0 Å². The van der Waals surface area contributed by atoms with Crippen LogP contribution in [0.3, 0.4) is 0 Å². The number of halogens is 4. The number of amides is 2. The first kappa shape index (κ1) is 16.1. The molecule has 5 nitrogen and oxygen atoms in total. The Morgan fingerprint density at radius 1 is 1.35 bits per heavy atom. The molecule has 1 aromatic carbocycles. The van der Waals surface area contributed by atoms with Crippen molar-refractivity contribution in [2.24, 2.45) is 0 Å². The van der Waals surface area contributed by atoms with Crippen LogP contribution in [-0.4, -0.2) is 23.1 Å². The molecule has 0 aliphatic carbocycles. The second-order valence-corrected chi connectivity index (χ2v) is 4.26. The minimum atomic E-state index is -4.58. The zero-order valence-electron chi connectivity index (χ0n) is 10.1. The Bertz CT molecular complexity index is 534. The van der Waals surface area contributed by atoms with E-state index in [1.165, 1.54) is 6.92 Å². The standard InChI is InChI=1S/C11H10ClF3N2O3/c1-5(9(18)19)16-10(20)17-8-4-6(11(13,14)15)2-3-7(8)12/h2-5H,1H3,(H,18,19)(H2,16,17,20)/t5-/m1/s1. The van der Waals surface area contributed by atoms with E-state index in [1.54, 1.807) is 0 Å². The summed E-state index contributed by atoms with van der Waals surface area (Å²) in [4.78, 5) is 21.9. The lowest BCUT2D eigenvalue weighted by Crippen LogP contribution is -2.40. The van der Waals surface area contributed by atoms with E-state index in [2.05, 4.69) is 5.32 Å². The molecule has 0 aliphatic rings. The molecule has 9 heteroatoms. The van der Waals surface area contributed by atoms with Crippen LogP contribution in [0.2, 0.25) is 5.02 Å². The number of carboxylic acids is 1. The van der Waals surface area contributed by atoms with Crippen LogP contribution < -0.4 is 10.6 Å². The number of alkyl halides is 3. The molecular weight excluding hydrogens is 301 g/mol. The maximum atomic E-state index is 12.5. The van der Waals surface area contributed by atoms with Gasteiger partial charge in [0.25, 0.3) is 0 Å². The van der Waals surface area contributed by atoms with E-state index in [9.17, 15) is 22.8 Å². The summed E-state index contributed by atoms with van der Waals surface area (Å²) in [6.45, 7) is 1.20. The molecule has 0 fully saturated rings. The highest BCUT2D eigenvalue weighted by Gasteiger charge is 2.31. The molecule has 1 aromatic rings. The van der Waals surface area contributed by atoms with Gasteiger partial charge in [-0.3, -0.25) is 4.79 Å². The van der Waals surface area contributed by atoms with E-state index in [4.69, 9.17) is 16.7 Å². The summed E-state index contributed by atoms with van der Waals surface area (Å²) in [6.07, 6.45) is -4.58. The minimum absolute atomic E-state index is 0.101. The van der Waals surface area contributed by atoms with Gasteiger partial charge in [-0.1, -0.05) is 11.6 Å². The van der Waals surface area contributed by atoms with Crippen molar-refractivity contribution in [3.63, 3.8) is 0 Å². The fourth-order valence-corrected chi connectivity index (χ4v) is 1.38. The fourth-order valence-electron chi connectivity index (χ4n) is 1.21. The molecule has 1 rings (SSSR count). The second kappa shape index (κ2) is 6.00. The van der Waals surface area contributed by atoms with Crippen molar-refractivity contribution in [3.8, 4) is 0 Å². The highest BCUT2D eigenvalue weighted by Crippen LogP contribution is 2.33. The molecule has 0 saturated heterocycles. The van der Waals surface area contributed by atoms with Crippen molar-refractivity contribution >= 4 is 29.3 Å². The number of nitrogens with one attached hydrogen (secondary N) is 2. The average molecular weight is 311 g/mol. The maximum Gasteiger partial charge on any atom is 0.416 e. The number of rotatable bonds is 3. The lowest BCUT2D eigenvalue weighted by atomic mass is 10.2. The largest absolute Gasteiger partial charge is 0.480 e. The number of hydrogen-bond acceptors (Lipinski definition) is 2. The quantitative estimate of drug-likeness (QED) is 0.803. The van der Waals surface area contributed by atoms with Crippen LogP contribution in [0, 0.1) is 0 Å². The number of carbonyl (C=O) groups is 2. The summed E-state index contributed by atoms with van der Waals surface area (Å²) < 4.78 is 37.5. The Balaban J connectivity index is 2.87. The fraction of sp³-hybridized carbons (Fsp3) is 0.273. The third kappa shape index (κ3) is 4.30. The van der Waals surface area contributed by atoms with Gasteiger partial charge in [0.15, 0.2) is 0 Å². The molecule has 0 saturated carbocycles. The van der Waals surface area contributed by atoms with E-state index in [0.717, 1.165) is 12.1 Å². The number of anilines is 1. The van der Waals surface area contributed by atoms with Gasteiger partial charge in [-0.2, -0.15) is 13.2 Å². The normalized spacial score (nSPS) is 12.7.